The summed E-state index contributed by atoms with van der Waals surface area (Å²) in [5, 5.41) is 11.6. The molecule has 1 heterocycles. The van der Waals surface area contributed by atoms with Crippen LogP contribution < -0.4 is 19.1 Å². The Morgan fingerprint density at radius 3 is 2.03 bits per heavy atom. The minimum absolute atomic E-state index is 0.0426. The molecule has 0 aromatic heterocycles. The monoisotopic (exact) mass is 501 g/mol. The summed E-state index contributed by atoms with van der Waals surface area (Å²) in [5.41, 5.74) is 2.48. The first kappa shape index (κ1) is 25.8. The third-order valence-corrected chi connectivity index (χ3v) is 6.45. The number of amides is 1. The lowest BCUT2D eigenvalue weighted by Crippen LogP contribution is -2.29. The molecule has 1 N–H and O–H groups in total. The highest BCUT2D eigenvalue weighted by atomic mass is 16.5. The number of rotatable bonds is 8. The van der Waals surface area contributed by atoms with Gasteiger partial charge in [0.1, 0.15) is 28.6 Å². The Morgan fingerprint density at radius 2 is 1.51 bits per heavy atom. The number of benzene rings is 3. The van der Waals surface area contributed by atoms with E-state index in [1.165, 1.54) is 19.1 Å². The molecule has 37 heavy (non-hydrogen) atoms. The molecule has 0 bridgehead atoms. The van der Waals surface area contributed by atoms with Gasteiger partial charge in [-0.25, -0.2) is 0 Å². The fraction of sp³-hybridized carbons (Fsp3) is 0.267. The van der Waals surface area contributed by atoms with Gasteiger partial charge in [0, 0.05) is 5.69 Å². The van der Waals surface area contributed by atoms with E-state index in [2.05, 4.69) is 13.8 Å². The first-order valence-electron chi connectivity index (χ1n) is 12.2. The molecule has 1 saturated heterocycles. The first-order valence-corrected chi connectivity index (χ1v) is 12.2. The van der Waals surface area contributed by atoms with Gasteiger partial charge in [-0.3, -0.25) is 14.5 Å². The van der Waals surface area contributed by atoms with Gasteiger partial charge in [0.2, 0.25) is 0 Å². The number of aliphatic hydroxyl groups excluding tert-OH is 1. The second-order valence-corrected chi connectivity index (χ2v) is 8.95. The number of hydrogen-bond acceptors (Lipinski definition) is 6. The summed E-state index contributed by atoms with van der Waals surface area (Å²) >= 11 is 0. The minimum Gasteiger partial charge on any atom is -0.506 e. The predicted octanol–water partition coefficient (Wildman–Crippen LogP) is 5.85. The molecule has 7 nitrogen and oxygen atoms in total. The van der Waals surface area contributed by atoms with Crippen LogP contribution in [0.15, 0.2) is 72.3 Å². The Bertz CT molecular complexity index is 1300. The van der Waals surface area contributed by atoms with Crippen LogP contribution in [0.25, 0.3) is 5.76 Å². The van der Waals surface area contributed by atoms with Gasteiger partial charge in [-0.2, -0.15) is 0 Å². The van der Waals surface area contributed by atoms with Gasteiger partial charge in [0.15, 0.2) is 0 Å². The Balaban J connectivity index is 1.95. The summed E-state index contributed by atoms with van der Waals surface area (Å²) in [7, 11) is 2.93. The molecule has 1 unspecified atom stereocenters. The minimum atomic E-state index is -0.867. The smallest absolute Gasteiger partial charge is 0.300 e. The summed E-state index contributed by atoms with van der Waals surface area (Å²) in [6.07, 6.45) is 0. The van der Waals surface area contributed by atoms with Crippen molar-refractivity contribution < 1.29 is 28.9 Å². The molecule has 1 aliphatic heterocycles. The molecule has 1 aliphatic rings. The van der Waals surface area contributed by atoms with Crippen LogP contribution in [0.1, 0.15) is 49.4 Å². The van der Waals surface area contributed by atoms with E-state index in [0.717, 1.165) is 5.56 Å². The van der Waals surface area contributed by atoms with Crippen molar-refractivity contribution in [1.29, 1.82) is 0 Å². The van der Waals surface area contributed by atoms with Crippen molar-refractivity contribution in [2.45, 2.75) is 32.7 Å². The number of Topliss-reactive ketones (excluding diaryl/α,β-unsaturated/α-hetero) is 1. The van der Waals surface area contributed by atoms with E-state index in [9.17, 15) is 14.7 Å². The average Bonchev–Trinajstić information content (AvgIpc) is 3.18. The first-order chi connectivity index (χ1) is 17.8. The summed E-state index contributed by atoms with van der Waals surface area (Å²) in [6, 6.07) is 18.9. The predicted molar refractivity (Wildman–Crippen MR) is 142 cm³/mol. The lowest BCUT2D eigenvalue weighted by molar-refractivity contribution is -0.132. The molecule has 0 saturated carbocycles. The van der Waals surface area contributed by atoms with E-state index in [1.807, 2.05) is 31.2 Å². The fourth-order valence-electron chi connectivity index (χ4n) is 4.57. The number of ether oxygens (including phenoxy) is 3. The lowest BCUT2D eigenvalue weighted by atomic mass is 9.92. The molecular formula is C30H31NO6. The van der Waals surface area contributed by atoms with Crippen LogP contribution in [0.2, 0.25) is 0 Å². The van der Waals surface area contributed by atoms with Crippen molar-refractivity contribution in [3.05, 3.63) is 89.0 Å². The van der Waals surface area contributed by atoms with Crippen LogP contribution >= 0.6 is 0 Å². The van der Waals surface area contributed by atoms with Gasteiger partial charge < -0.3 is 19.3 Å². The molecule has 0 spiro atoms. The Kier molecular flexibility index (Phi) is 7.53. The summed E-state index contributed by atoms with van der Waals surface area (Å²) < 4.78 is 16.5. The van der Waals surface area contributed by atoms with Gasteiger partial charge in [-0.15, -0.1) is 0 Å². The van der Waals surface area contributed by atoms with Gasteiger partial charge in [0.25, 0.3) is 11.7 Å². The van der Waals surface area contributed by atoms with E-state index in [4.69, 9.17) is 14.2 Å². The van der Waals surface area contributed by atoms with E-state index >= 15 is 0 Å². The Hall–Kier alpha value is -4.26. The molecule has 1 fully saturated rings. The van der Waals surface area contributed by atoms with E-state index in [0.29, 0.717) is 41.0 Å². The standard InChI is InChI=1S/C30H31NO6/c1-6-37-22-16-14-21(15-17-22)31-27(20-12-10-19(11-13-20)18(2)3)26(29(33)30(31)34)28(32)25-23(35-4)8-7-9-24(25)36-5/h7-18,27,32H,6H2,1-5H3/b28-26+. The number of carbonyl (C=O) groups is 2. The van der Waals surface area contributed by atoms with Crippen LogP contribution in [-0.4, -0.2) is 37.6 Å². The van der Waals surface area contributed by atoms with E-state index in [1.54, 1.807) is 42.5 Å². The van der Waals surface area contributed by atoms with Crippen molar-refractivity contribution in [3.63, 3.8) is 0 Å². The number of anilines is 1. The van der Waals surface area contributed by atoms with Crippen molar-refractivity contribution in [2.24, 2.45) is 0 Å². The van der Waals surface area contributed by atoms with E-state index < -0.39 is 17.7 Å². The van der Waals surface area contributed by atoms with Gasteiger partial charge >= 0.3 is 0 Å². The Labute approximate surface area is 216 Å². The van der Waals surface area contributed by atoms with Crippen molar-refractivity contribution in [1.82, 2.24) is 0 Å². The van der Waals surface area contributed by atoms with Crippen molar-refractivity contribution in [2.75, 3.05) is 25.7 Å². The maximum absolute atomic E-state index is 13.5. The summed E-state index contributed by atoms with van der Waals surface area (Å²) in [6.45, 7) is 6.58. The quantitative estimate of drug-likeness (QED) is 0.237. The topological polar surface area (TPSA) is 85.3 Å². The number of carbonyl (C=O) groups excluding carboxylic acids is 2. The zero-order valence-electron chi connectivity index (χ0n) is 21.6. The molecule has 0 aliphatic carbocycles. The highest BCUT2D eigenvalue weighted by Crippen LogP contribution is 2.45. The molecular weight excluding hydrogens is 470 g/mol. The maximum atomic E-state index is 13.5. The third-order valence-electron chi connectivity index (χ3n) is 6.45. The van der Waals surface area contributed by atoms with Gasteiger partial charge in [-0.1, -0.05) is 44.2 Å². The zero-order chi connectivity index (χ0) is 26.7. The van der Waals surface area contributed by atoms with Crippen LogP contribution in [0, 0.1) is 0 Å². The number of methoxy groups -OCH3 is 2. The Morgan fingerprint density at radius 1 is 0.919 bits per heavy atom. The average molecular weight is 502 g/mol. The summed E-state index contributed by atoms with van der Waals surface area (Å²) in [4.78, 5) is 28.4. The second kappa shape index (κ2) is 10.8. The number of nitrogens with zero attached hydrogens (tertiary/aromatic N) is 1. The van der Waals surface area contributed by atoms with Gasteiger partial charge in [-0.05, 0) is 60.4 Å². The van der Waals surface area contributed by atoms with Gasteiger partial charge in [0.05, 0.1) is 32.4 Å². The number of hydrogen-bond donors (Lipinski definition) is 1. The molecule has 3 aromatic rings. The SMILES string of the molecule is CCOc1ccc(N2C(=O)C(=O)/C(=C(/O)c3c(OC)cccc3OC)C2c2ccc(C(C)C)cc2)cc1. The largest absolute Gasteiger partial charge is 0.506 e. The molecule has 4 rings (SSSR count). The molecule has 3 aromatic carbocycles. The van der Waals surface area contributed by atoms with Crippen LogP contribution in [-0.2, 0) is 9.59 Å². The lowest BCUT2D eigenvalue weighted by Gasteiger charge is -2.26. The highest BCUT2D eigenvalue weighted by molar-refractivity contribution is 6.51. The fourth-order valence-corrected chi connectivity index (χ4v) is 4.57. The van der Waals surface area contributed by atoms with Crippen LogP contribution in [0.5, 0.6) is 17.2 Å². The molecule has 0 radical (unpaired) electrons. The van der Waals surface area contributed by atoms with Crippen LogP contribution in [0.4, 0.5) is 5.69 Å². The highest BCUT2D eigenvalue weighted by Gasteiger charge is 2.47. The number of aliphatic hydroxyl groups is 1. The zero-order valence-corrected chi connectivity index (χ0v) is 21.6. The molecule has 7 heteroatoms. The maximum Gasteiger partial charge on any atom is 0.300 e. The third kappa shape index (κ3) is 4.77. The molecule has 192 valence electrons. The van der Waals surface area contributed by atoms with E-state index in [-0.39, 0.29) is 16.9 Å². The van der Waals surface area contributed by atoms with Crippen LogP contribution in [0.3, 0.4) is 0 Å². The molecule has 1 atom stereocenters. The molecule has 1 amide bonds. The number of ketones is 1. The normalized spacial score (nSPS) is 16.8. The van der Waals surface area contributed by atoms with Crippen molar-refractivity contribution in [3.8, 4) is 17.2 Å². The second-order valence-electron chi connectivity index (χ2n) is 8.95. The summed E-state index contributed by atoms with van der Waals surface area (Å²) in [5.74, 6) is -0.298. The van der Waals surface area contributed by atoms with Crippen molar-refractivity contribution >= 4 is 23.1 Å².